The van der Waals surface area contributed by atoms with Crippen molar-refractivity contribution in [1.82, 2.24) is 16.1 Å². The lowest BCUT2D eigenvalue weighted by Crippen LogP contribution is -2.45. The van der Waals surface area contributed by atoms with E-state index in [9.17, 15) is 19.5 Å². The molecule has 0 spiro atoms. The Kier molecular flexibility index (Phi) is 11.4. The van der Waals surface area contributed by atoms with E-state index in [-0.39, 0.29) is 12.2 Å². The molecule has 2 atom stereocenters. The molecule has 1 aliphatic rings. The Morgan fingerprint density at radius 3 is 2.62 bits per heavy atom. The highest BCUT2D eigenvalue weighted by Gasteiger charge is 2.32. The molecule has 14 heteroatoms. The predicted octanol–water partition coefficient (Wildman–Crippen LogP) is 3.34. The van der Waals surface area contributed by atoms with Crippen LogP contribution in [0.25, 0.3) is 0 Å². The van der Waals surface area contributed by atoms with Crippen LogP contribution in [-0.2, 0) is 14.3 Å². The third kappa shape index (κ3) is 8.20. The summed E-state index contributed by atoms with van der Waals surface area (Å²) in [4.78, 5) is 36.0. The number of hydrogen-bond donors (Lipinski definition) is 4. The molecule has 0 bridgehead atoms. The molecule has 40 heavy (non-hydrogen) atoms. The number of benzene rings is 2. The van der Waals surface area contributed by atoms with Crippen LogP contribution in [0.2, 0.25) is 0 Å². The molecule has 0 aromatic heterocycles. The molecule has 0 radical (unpaired) electrons. The summed E-state index contributed by atoms with van der Waals surface area (Å²) in [5.74, 6) is 0.0196. The fourth-order valence-electron chi connectivity index (χ4n) is 3.74. The molecule has 2 aromatic carbocycles. The minimum atomic E-state index is -1.19. The Labute approximate surface area is 258 Å². The molecule has 0 aliphatic carbocycles. The van der Waals surface area contributed by atoms with Gasteiger partial charge in [-0.05, 0) is 88.9 Å². The number of halogens is 2. The largest absolute Gasteiger partial charge is 0.490 e. The molecule has 0 unspecified atom stereocenters. The van der Waals surface area contributed by atoms with Crippen LogP contribution in [0.5, 0.6) is 17.2 Å². The molecule has 1 aliphatic heterocycles. The number of methoxy groups -OCH3 is 1. The summed E-state index contributed by atoms with van der Waals surface area (Å²) in [6.45, 7) is 4.87. The Morgan fingerprint density at radius 1 is 1.20 bits per heavy atom. The lowest BCUT2D eigenvalue weighted by molar-refractivity contribution is -0.136. The SMILES string of the molecule is CCOc1cc([C@H]2NC(=O)NC(C)=C2C(=O)OC)ccc1OC[C@@H](O)N/N=C/c1cc(I)cc(I)c1OC(C)=O. The maximum absolute atomic E-state index is 12.4. The summed E-state index contributed by atoms with van der Waals surface area (Å²) in [6, 6.07) is 7.38. The average molecular weight is 778 g/mol. The van der Waals surface area contributed by atoms with Crippen molar-refractivity contribution in [3.63, 3.8) is 0 Å². The molecule has 2 amide bonds. The number of nitrogens with zero attached hydrogens (tertiary/aromatic N) is 1. The summed E-state index contributed by atoms with van der Waals surface area (Å²) in [7, 11) is 1.27. The maximum atomic E-state index is 12.4. The second-order valence-electron chi connectivity index (χ2n) is 8.31. The van der Waals surface area contributed by atoms with Gasteiger partial charge in [0.2, 0.25) is 0 Å². The Bertz CT molecular complexity index is 1350. The van der Waals surface area contributed by atoms with Crippen molar-refractivity contribution in [3.05, 3.63) is 59.9 Å². The first kappa shape index (κ1) is 31.4. The van der Waals surface area contributed by atoms with Gasteiger partial charge in [0.1, 0.15) is 6.61 Å². The van der Waals surface area contributed by atoms with Crippen LogP contribution >= 0.6 is 45.2 Å². The normalized spacial score (nSPS) is 15.7. The number of allylic oxidation sites excluding steroid dienone is 1. The third-order valence-electron chi connectivity index (χ3n) is 5.38. The highest BCUT2D eigenvalue weighted by atomic mass is 127. The van der Waals surface area contributed by atoms with E-state index < -0.39 is 30.2 Å². The van der Waals surface area contributed by atoms with Gasteiger partial charge in [-0.25, -0.2) is 9.59 Å². The van der Waals surface area contributed by atoms with Gasteiger partial charge in [-0.3, -0.25) is 10.2 Å². The summed E-state index contributed by atoms with van der Waals surface area (Å²) >= 11 is 4.21. The van der Waals surface area contributed by atoms with Gasteiger partial charge >= 0.3 is 18.0 Å². The fourth-order valence-corrected chi connectivity index (χ4v) is 5.74. The number of ether oxygens (including phenoxy) is 4. The Morgan fingerprint density at radius 2 is 1.95 bits per heavy atom. The van der Waals surface area contributed by atoms with E-state index in [1.165, 1.54) is 20.2 Å². The lowest BCUT2D eigenvalue weighted by atomic mass is 9.95. The molecule has 214 valence electrons. The first-order chi connectivity index (χ1) is 19.0. The molecule has 1 heterocycles. The topological polar surface area (TPSA) is 157 Å². The number of carbonyl (C=O) groups excluding carboxylic acids is 3. The van der Waals surface area contributed by atoms with E-state index in [4.69, 9.17) is 18.9 Å². The third-order valence-corrected chi connectivity index (χ3v) is 6.81. The summed E-state index contributed by atoms with van der Waals surface area (Å²) in [5, 5.41) is 19.7. The van der Waals surface area contributed by atoms with Crippen molar-refractivity contribution in [2.45, 2.75) is 33.0 Å². The van der Waals surface area contributed by atoms with Gasteiger partial charge in [0, 0.05) is 21.8 Å². The molecule has 0 saturated heterocycles. The molecule has 0 fully saturated rings. The number of esters is 2. The molecule has 4 N–H and O–H groups in total. The molecular formula is C26H28I2N4O8. The molecule has 2 aromatic rings. The van der Waals surface area contributed by atoms with Crippen LogP contribution < -0.4 is 30.3 Å². The molecule has 3 rings (SSSR count). The highest BCUT2D eigenvalue weighted by molar-refractivity contribution is 14.1. The summed E-state index contributed by atoms with van der Waals surface area (Å²) in [5.41, 5.74) is 4.35. The van der Waals surface area contributed by atoms with Gasteiger partial charge in [-0.15, -0.1) is 0 Å². The minimum Gasteiger partial charge on any atom is -0.490 e. The van der Waals surface area contributed by atoms with Crippen molar-refractivity contribution in [3.8, 4) is 17.2 Å². The van der Waals surface area contributed by atoms with E-state index >= 15 is 0 Å². The van der Waals surface area contributed by atoms with Crippen LogP contribution in [0.4, 0.5) is 4.79 Å². The number of aliphatic hydroxyl groups excluding tert-OH is 1. The quantitative estimate of drug-likeness (QED) is 0.0672. The first-order valence-corrected chi connectivity index (χ1v) is 14.1. The van der Waals surface area contributed by atoms with E-state index in [2.05, 4.69) is 66.3 Å². The second-order valence-corrected chi connectivity index (χ2v) is 10.7. The van der Waals surface area contributed by atoms with Gasteiger partial charge in [-0.1, -0.05) is 6.07 Å². The van der Waals surface area contributed by atoms with Gasteiger partial charge in [0.05, 0.1) is 35.1 Å². The van der Waals surface area contributed by atoms with Crippen LogP contribution in [0, 0.1) is 7.14 Å². The van der Waals surface area contributed by atoms with Gasteiger partial charge in [-0.2, -0.15) is 5.10 Å². The van der Waals surface area contributed by atoms with E-state index in [1.807, 2.05) is 6.07 Å². The maximum Gasteiger partial charge on any atom is 0.337 e. The zero-order valence-electron chi connectivity index (χ0n) is 22.0. The van der Waals surface area contributed by atoms with E-state index in [0.717, 1.165) is 7.14 Å². The zero-order chi connectivity index (χ0) is 29.4. The smallest absolute Gasteiger partial charge is 0.337 e. The van der Waals surface area contributed by atoms with Crippen LogP contribution in [0.3, 0.4) is 0 Å². The summed E-state index contributed by atoms with van der Waals surface area (Å²) < 4.78 is 23.3. The zero-order valence-corrected chi connectivity index (χ0v) is 26.4. The average Bonchev–Trinajstić information content (AvgIpc) is 2.89. The second kappa shape index (κ2) is 14.5. The standard InChI is InChI=1S/C26H28I2N4O8/c1-5-38-20-9-15(23-22(25(35)37-4)13(2)30-26(36)31-23)6-7-19(20)39-12-21(34)32-29-11-16-8-17(27)10-18(28)24(16)40-14(3)33/h6-11,21,23,32,34H,5,12H2,1-4H3,(H2,30,31,36)/b29-11+/t21-,23-/m1/s1. The van der Waals surface area contributed by atoms with E-state index in [1.54, 1.807) is 38.1 Å². The number of carbonyl (C=O) groups is 3. The number of hydrogen-bond acceptors (Lipinski definition) is 10. The number of nitrogens with one attached hydrogen (secondary N) is 3. The molecule has 0 saturated carbocycles. The number of rotatable bonds is 11. The fraction of sp³-hybridized carbons (Fsp3) is 0.308. The number of urea groups is 1. The van der Waals surface area contributed by atoms with Gasteiger partial charge in [0.15, 0.2) is 23.5 Å². The van der Waals surface area contributed by atoms with Crippen molar-refractivity contribution in [1.29, 1.82) is 0 Å². The summed E-state index contributed by atoms with van der Waals surface area (Å²) in [6.07, 6.45) is 0.248. The van der Waals surface area contributed by atoms with Crippen LogP contribution in [0.1, 0.15) is 37.9 Å². The minimum absolute atomic E-state index is 0.187. The molecule has 12 nitrogen and oxygen atoms in total. The van der Waals surface area contributed by atoms with Crippen molar-refractivity contribution in [2.75, 3.05) is 20.3 Å². The van der Waals surface area contributed by atoms with Crippen molar-refractivity contribution >= 4 is 69.4 Å². The van der Waals surface area contributed by atoms with Crippen LogP contribution in [-0.4, -0.2) is 55.8 Å². The predicted molar refractivity (Wildman–Crippen MR) is 162 cm³/mol. The van der Waals surface area contributed by atoms with Gasteiger partial charge < -0.3 is 34.7 Å². The number of amides is 2. The van der Waals surface area contributed by atoms with Crippen molar-refractivity contribution < 1.29 is 38.4 Å². The number of hydrazone groups is 1. The monoisotopic (exact) mass is 778 g/mol. The highest BCUT2D eigenvalue weighted by Crippen LogP contribution is 2.35. The Hall–Kier alpha value is -3.12. The van der Waals surface area contributed by atoms with Crippen molar-refractivity contribution in [2.24, 2.45) is 5.10 Å². The number of aliphatic hydroxyl groups is 1. The van der Waals surface area contributed by atoms with E-state index in [0.29, 0.717) is 40.7 Å². The van der Waals surface area contributed by atoms with Gasteiger partial charge in [0.25, 0.3) is 0 Å². The lowest BCUT2D eigenvalue weighted by Gasteiger charge is -2.28. The Balaban J connectivity index is 1.73. The molecular weight excluding hydrogens is 750 g/mol. The van der Waals surface area contributed by atoms with Crippen LogP contribution in [0.15, 0.2) is 46.7 Å². The first-order valence-electron chi connectivity index (χ1n) is 11.9.